The first-order valence-electron chi connectivity index (χ1n) is 12.8. The van der Waals surface area contributed by atoms with Crippen molar-refractivity contribution in [2.45, 2.75) is 71.3 Å². The van der Waals surface area contributed by atoms with Gasteiger partial charge in [0.15, 0.2) is 0 Å². The number of carbonyl (C=O) groups excluding carboxylic acids is 5. The first-order valence-corrected chi connectivity index (χ1v) is 12.8. The van der Waals surface area contributed by atoms with Gasteiger partial charge in [0.1, 0.15) is 19.3 Å². The number of esters is 3. The summed E-state index contributed by atoms with van der Waals surface area (Å²) < 4.78 is 16.3. The van der Waals surface area contributed by atoms with Gasteiger partial charge in [-0.15, -0.1) is 0 Å². The number of carboxylic acid groups (broad SMARTS) is 2. The summed E-state index contributed by atoms with van der Waals surface area (Å²) in [5.41, 5.74) is 0.252. The Morgan fingerprint density at radius 1 is 1.07 bits per heavy atom. The number of hydrogen-bond acceptors (Lipinski definition) is 10. The Labute approximate surface area is 304 Å². The summed E-state index contributed by atoms with van der Waals surface area (Å²) in [6, 6.07) is 0. The molecule has 3 rings (SSSR count). The number of ether oxygens (including phenoxy) is 3. The molecule has 11 nitrogen and oxygen atoms in total. The number of hydrogen-bond donors (Lipinski definition) is 0. The van der Waals surface area contributed by atoms with E-state index in [1.54, 1.807) is 12.2 Å². The van der Waals surface area contributed by atoms with Gasteiger partial charge in [0.05, 0.1) is 18.4 Å². The van der Waals surface area contributed by atoms with E-state index in [-0.39, 0.29) is 136 Å². The van der Waals surface area contributed by atoms with Crippen molar-refractivity contribution in [2.24, 2.45) is 22.7 Å². The second-order valence-electron chi connectivity index (χ2n) is 10.8. The molecule has 1 heterocycles. The van der Waals surface area contributed by atoms with Crippen LogP contribution in [0, 0.1) is 22.7 Å². The van der Waals surface area contributed by atoms with Gasteiger partial charge in [0, 0.05) is 23.3 Å². The van der Waals surface area contributed by atoms with Crippen molar-refractivity contribution in [3.05, 3.63) is 36.0 Å². The molecule has 0 aromatic rings. The van der Waals surface area contributed by atoms with Gasteiger partial charge in [0.2, 0.25) is 0 Å². The average Bonchev–Trinajstić information content (AvgIpc) is 3.26. The number of carboxylic acids is 2. The summed E-state index contributed by atoms with van der Waals surface area (Å²) in [6.45, 7) is 8.40. The fourth-order valence-electron chi connectivity index (χ4n) is 6.29. The zero-order valence-corrected chi connectivity index (χ0v) is 29.4. The maximum absolute atomic E-state index is 12.5. The van der Waals surface area contributed by atoms with Crippen LogP contribution in [0.5, 0.6) is 0 Å². The van der Waals surface area contributed by atoms with Crippen LogP contribution < -0.4 is 91.2 Å². The zero-order chi connectivity index (χ0) is 28.1. The number of carbonyl (C=O) groups is 5. The molecule has 3 aliphatic rings. The summed E-state index contributed by atoms with van der Waals surface area (Å²) >= 11 is 0. The van der Waals surface area contributed by atoms with E-state index in [4.69, 9.17) is 14.2 Å². The van der Waals surface area contributed by atoms with E-state index in [2.05, 4.69) is 13.5 Å². The van der Waals surface area contributed by atoms with Gasteiger partial charge in [0.25, 0.3) is 0 Å². The zero-order valence-electron chi connectivity index (χ0n) is 24.3. The third-order valence-electron chi connectivity index (χ3n) is 8.28. The van der Waals surface area contributed by atoms with Gasteiger partial charge in [-0.2, -0.15) is 0 Å². The fourth-order valence-corrected chi connectivity index (χ4v) is 6.29. The maximum atomic E-state index is 12.5. The van der Waals surface area contributed by atoms with E-state index in [0.29, 0.717) is 31.3 Å². The minimum absolute atomic E-state index is 0. The third kappa shape index (κ3) is 10.1. The smallest absolute Gasteiger partial charge is 0.550 e. The SMILES string of the molecule is C=C1CCC2C(C)(COC(=O)CCC(=O)[O-])C(OC(=O)CCC(=O)[O-])CCC2(C)C1/C=C/C1=CCOC1=O.O.[K+].[Na+]. The Morgan fingerprint density at radius 3 is 2.24 bits per heavy atom. The van der Waals surface area contributed by atoms with Gasteiger partial charge in [-0.1, -0.05) is 38.2 Å². The standard InChI is InChI=1S/C28H36O10.K.Na.H2O/c1-17-4-7-20-27(2,19(17)6-5-18-13-15-36-26(18)35)14-12-21(38-25(34)11-9-23(31)32)28(20,3)16-37-24(33)10-8-22(29)30;;;/h5-6,13,19-21H,1,4,7-12,14-16H2,2-3H3,(H,29,30)(H,31,32);;;1H2/q;2*+1;/p-2/b6-5+;;;. The molecule has 0 aromatic carbocycles. The van der Waals surface area contributed by atoms with Crippen molar-refractivity contribution < 1.29 is 135 Å². The van der Waals surface area contributed by atoms with Crippen molar-refractivity contribution in [1.29, 1.82) is 0 Å². The third-order valence-corrected chi connectivity index (χ3v) is 8.28. The van der Waals surface area contributed by atoms with Crippen LogP contribution in [-0.4, -0.2) is 54.6 Å². The van der Waals surface area contributed by atoms with Gasteiger partial charge in [-0.3, -0.25) is 9.59 Å². The van der Waals surface area contributed by atoms with Crippen molar-refractivity contribution in [1.82, 2.24) is 0 Å². The molecular weight excluding hydrogens is 574 g/mol. The molecule has 216 valence electrons. The van der Waals surface area contributed by atoms with Crippen LogP contribution in [0.3, 0.4) is 0 Å². The normalized spacial score (nSPS) is 28.5. The van der Waals surface area contributed by atoms with Gasteiger partial charge in [-0.25, -0.2) is 4.79 Å². The van der Waals surface area contributed by atoms with Gasteiger partial charge in [-0.05, 0) is 55.9 Å². The predicted octanol–water partition coefficient (Wildman–Crippen LogP) is -5.89. The quantitative estimate of drug-likeness (QED) is 0.0942. The Bertz CT molecular complexity index is 1070. The molecule has 2 aliphatic carbocycles. The molecular formula is C28H36KNaO11. The molecule has 13 heteroatoms. The molecule has 2 saturated carbocycles. The minimum Gasteiger partial charge on any atom is -0.550 e. The van der Waals surface area contributed by atoms with Crippen molar-refractivity contribution in [3.63, 3.8) is 0 Å². The number of cyclic esters (lactones) is 1. The Morgan fingerprint density at radius 2 is 1.68 bits per heavy atom. The Hall–Kier alpha value is -0.834. The summed E-state index contributed by atoms with van der Waals surface area (Å²) in [5.74, 6) is -4.71. The largest absolute Gasteiger partial charge is 1.00 e. The summed E-state index contributed by atoms with van der Waals surface area (Å²) in [6.07, 6.45) is 5.57. The molecule has 5 unspecified atom stereocenters. The summed E-state index contributed by atoms with van der Waals surface area (Å²) in [4.78, 5) is 58.3. The second kappa shape index (κ2) is 17.5. The van der Waals surface area contributed by atoms with Crippen molar-refractivity contribution >= 4 is 29.8 Å². The van der Waals surface area contributed by atoms with E-state index in [0.717, 1.165) is 5.57 Å². The van der Waals surface area contributed by atoms with Crippen molar-refractivity contribution in [3.8, 4) is 0 Å². The van der Waals surface area contributed by atoms with Crippen molar-refractivity contribution in [2.75, 3.05) is 13.2 Å². The first-order chi connectivity index (χ1) is 17.9. The number of aliphatic carboxylic acids is 2. The van der Waals surface area contributed by atoms with Crippen LogP contribution in [0.2, 0.25) is 0 Å². The second-order valence-corrected chi connectivity index (χ2v) is 10.8. The topological polar surface area (TPSA) is 191 Å². The van der Waals surface area contributed by atoms with E-state index in [1.165, 1.54) is 0 Å². The Kier molecular flexibility index (Phi) is 17.1. The predicted molar refractivity (Wildman–Crippen MR) is 132 cm³/mol. The maximum Gasteiger partial charge on any atom is 1.00 e. The summed E-state index contributed by atoms with van der Waals surface area (Å²) in [7, 11) is 0. The van der Waals surface area contributed by atoms with Crippen LogP contribution in [0.15, 0.2) is 36.0 Å². The molecule has 0 radical (unpaired) electrons. The molecule has 0 spiro atoms. The molecule has 0 saturated heterocycles. The number of allylic oxidation sites excluding steroid dienone is 2. The fraction of sp³-hybridized carbons (Fsp3) is 0.607. The van der Waals surface area contributed by atoms with Crippen LogP contribution in [0.25, 0.3) is 0 Å². The van der Waals surface area contributed by atoms with E-state index >= 15 is 0 Å². The number of fused-ring (bicyclic) bond motifs is 1. The molecule has 2 N–H and O–H groups in total. The summed E-state index contributed by atoms with van der Waals surface area (Å²) in [5, 5.41) is 21.6. The number of rotatable bonds is 11. The molecule has 5 atom stereocenters. The van der Waals surface area contributed by atoms with Crippen LogP contribution in [-0.2, 0) is 38.2 Å². The van der Waals surface area contributed by atoms with E-state index < -0.39 is 48.2 Å². The minimum atomic E-state index is -1.36. The molecule has 41 heavy (non-hydrogen) atoms. The van der Waals surface area contributed by atoms with E-state index in [1.807, 2.05) is 13.0 Å². The Balaban J connectivity index is 0.00000533. The molecule has 2 fully saturated rings. The van der Waals surface area contributed by atoms with Gasteiger partial charge < -0.3 is 39.5 Å². The van der Waals surface area contributed by atoms with Gasteiger partial charge >= 0.3 is 98.8 Å². The molecule has 1 aliphatic heterocycles. The van der Waals surface area contributed by atoms with Crippen LogP contribution in [0.4, 0.5) is 0 Å². The molecule has 0 amide bonds. The molecule has 0 bridgehead atoms. The first kappa shape index (κ1) is 40.2. The average molecular weight is 611 g/mol. The van der Waals surface area contributed by atoms with Crippen LogP contribution >= 0.6 is 0 Å². The molecule has 0 aromatic heterocycles. The van der Waals surface area contributed by atoms with E-state index in [9.17, 15) is 34.2 Å². The van der Waals surface area contributed by atoms with Crippen LogP contribution in [0.1, 0.15) is 65.2 Å². The monoisotopic (exact) mass is 610 g/mol.